The minimum atomic E-state index is -0.351. The third-order valence-electron chi connectivity index (χ3n) is 1.18. The number of hydrogen-bond donors (Lipinski definition) is 1. The predicted molar refractivity (Wildman–Crippen MR) is 35.2 cm³/mol. The van der Waals surface area contributed by atoms with E-state index in [-0.39, 0.29) is 11.9 Å². The number of aliphatic imine (C=N–C) groups is 1. The smallest absolute Gasteiger partial charge is 0.242 e. The number of rotatable bonds is 1. The number of nitrogens with two attached hydrogens (primary N) is 1. The third-order valence-corrected chi connectivity index (χ3v) is 1.18. The molecule has 0 aromatic rings. The molecule has 0 fully saturated rings. The van der Waals surface area contributed by atoms with E-state index < -0.39 is 0 Å². The van der Waals surface area contributed by atoms with Gasteiger partial charge in [-0.2, -0.15) is 0 Å². The maximum Gasteiger partial charge on any atom is 0.242 e. The predicted octanol–water partition coefficient (Wildman–Crippen LogP) is -0.129. The molecule has 1 aliphatic heterocycles. The number of carbonyl (C=O) groups is 1. The Morgan fingerprint density at radius 3 is 2.89 bits per heavy atom. The van der Waals surface area contributed by atoms with Crippen molar-refractivity contribution in [2.45, 2.75) is 12.5 Å². The summed E-state index contributed by atoms with van der Waals surface area (Å²) in [4.78, 5) is 14.3. The van der Waals surface area contributed by atoms with E-state index in [0.29, 0.717) is 6.42 Å². The maximum atomic E-state index is 10.4. The zero-order valence-corrected chi connectivity index (χ0v) is 4.95. The second-order valence-electron chi connectivity index (χ2n) is 1.88. The van der Waals surface area contributed by atoms with Crippen molar-refractivity contribution in [3.8, 4) is 0 Å². The minimum Gasteiger partial charge on any atom is -0.368 e. The second kappa shape index (κ2) is 2.44. The summed E-state index contributed by atoms with van der Waals surface area (Å²) >= 11 is 0. The van der Waals surface area contributed by atoms with Crippen LogP contribution in [0.3, 0.4) is 0 Å². The van der Waals surface area contributed by atoms with Gasteiger partial charge in [-0.15, -0.1) is 0 Å². The molecular weight excluding hydrogens is 116 g/mol. The highest BCUT2D eigenvalue weighted by Gasteiger charge is 2.11. The first kappa shape index (κ1) is 6.01. The van der Waals surface area contributed by atoms with Crippen LogP contribution in [-0.4, -0.2) is 18.2 Å². The van der Waals surface area contributed by atoms with E-state index in [0.717, 1.165) is 0 Å². The van der Waals surface area contributed by atoms with Gasteiger partial charge < -0.3 is 5.73 Å². The van der Waals surface area contributed by atoms with Crippen LogP contribution in [0.1, 0.15) is 6.42 Å². The highest BCUT2D eigenvalue weighted by Crippen LogP contribution is 2.01. The van der Waals surface area contributed by atoms with Crippen molar-refractivity contribution in [1.82, 2.24) is 0 Å². The van der Waals surface area contributed by atoms with Crippen LogP contribution in [0.25, 0.3) is 0 Å². The highest BCUT2D eigenvalue weighted by atomic mass is 16.1. The molecule has 0 saturated carbocycles. The zero-order chi connectivity index (χ0) is 6.69. The van der Waals surface area contributed by atoms with Crippen LogP contribution >= 0.6 is 0 Å². The van der Waals surface area contributed by atoms with Crippen molar-refractivity contribution < 1.29 is 4.79 Å². The summed E-state index contributed by atoms with van der Waals surface area (Å²) < 4.78 is 0. The number of carbonyl (C=O) groups excluding carboxylic acids is 1. The number of allylic oxidation sites excluding steroid dienone is 1. The lowest BCUT2D eigenvalue weighted by Gasteiger charge is -2.05. The zero-order valence-electron chi connectivity index (χ0n) is 4.95. The molecule has 1 atom stereocenters. The Balaban J connectivity index is 2.56. The normalized spacial score (nSPS) is 24.2. The van der Waals surface area contributed by atoms with Crippen molar-refractivity contribution in [2.75, 3.05) is 0 Å². The molecule has 0 bridgehead atoms. The Hall–Kier alpha value is -1.12. The number of primary amides is 1. The van der Waals surface area contributed by atoms with Gasteiger partial charge in [0.05, 0.1) is 0 Å². The van der Waals surface area contributed by atoms with Crippen LogP contribution in [0.4, 0.5) is 0 Å². The van der Waals surface area contributed by atoms with Crippen LogP contribution in [-0.2, 0) is 4.79 Å². The Morgan fingerprint density at radius 1 is 1.78 bits per heavy atom. The van der Waals surface area contributed by atoms with Crippen LogP contribution in [0.5, 0.6) is 0 Å². The van der Waals surface area contributed by atoms with Gasteiger partial charge in [-0.3, -0.25) is 9.79 Å². The van der Waals surface area contributed by atoms with Crippen molar-refractivity contribution in [3.05, 3.63) is 12.2 Å². The first-order valence-corrected chi connectivity index (χ1v) is 2.78. The quantitative estimate of drug-likeness (QED) is 0.520. The fourth-order valence-corrected chi connectivity index (χ4v) is 0.672. The van der Waals surface area contributed by atoms with E-state index in [9.17, 15) is 4.79 Å². The molecule has 0 aromatic heterocycles. The maximum absolute atomic E-state index is 10.4. The summed E-state index contributed by atoms with van der Waals surface area (Å²) in [5, 5.41) is 0. The molecule has 1 rings (SSSR count). The molecule has 1 unspecified atom stereocenters. The van der Waals surface area contributed by atoms with Crippen molar-refractivity contribution in [1.29, 1.82) is 0 Å². The van der Waals surface area contributed by atoms with Gasteiger partial charge in [0.1, 0.15) is 6.04 Å². The Labute approximate surface area is 53.3 Å². The number of hydrogen-bond acceptors (Lipinski definition) is 2. The van der Waals surface area contributed by atoms with Crippen LogP contribution < -0.4 is 5.73 Å². The molecule has 0 aromatic carbocycles. The Morgan fingerprint density at radius 2 is 2.56 bits per heavy atom. The molecule has 0 saturated heterocycles. The molecule has 48 valence electrons. The van der Waals surface area contributed by atoms with Gasteiger partial charge in [-0.1, -0.05) is 6.08 Å². The van der Waals surface area contributed by atoms with Crippen LogP contribution in [0.15, 0.2) is 17.1 Å². The van der Waals surface area contributed by atoms with Crippen LogP contribution in [0, 0.1) is 0 Å². The number of dihydropyridines is 1. The van der Waals surface area contributed by atoms with Gasteiger partial charge in [-0.05, 0) is 12.5 Å². The van der Waals surface area contributed by atoms with E-state index in [2.05, 4.69) is 4.99 Å². The van der Waals surface area contributed by atoms with Crippen molar-refractivity contribution >= 4 is 12.1 Å². The highest BCUT2D eigenvalue weighted by molar-refractivity contribution is 5.84. The summed E-state index contributed by atoms with van der Waals surface area (Å²) in [6, 6.07) is -0.324. The third kappa shape index (κ3) is 1.38. The van der Waals surface area contributed by atoms with E-state index >= 15 is 0 Å². The molecule has 1 aliphatic rings. The van der Waals surface area contributed by atoms with Gasteiger partial charge >= 0.3 is 0 Å². The van der Waals surface area contributed by atoms with Crippen molar-refractivity contribution in [2.24, 2.45) is 10.7 Å². The summed E-state index contributed by atoms with van der Waals surface area (Å²) in [5.74, 6) is -0.351. The standard InChI is InChI=1S/C6H8N2O/c7-6(9)5-3-1-2-4-8-5/h1-2,4-5H,3H2,(H2,7,9). The molecule has 9 heavy (non-hydrogen) atoms. The molecule has 3 nitrogen and oxygen atoms in total. The fraction of sp³-hybridized carbons (Fsp3) is 0.333. The first-order chi connectivity index (χ1) is 4.30. The largest absolute Gasteiger partial charge is 0.368 e. The molecule has 1 heterocycles. The van der Waals surface area contributed by atoms with Crippen molar-refractivity contribution in [3.63, 3.8) is 0 Å². The first-order valence-electron chi connectivity index (χ1n) is 2.78. The summed E-state index contributed by atoms with van der Waals surface area (Å²) in [5.41, 5.74) is 4.98. The average molecular weight is 124 g/mol. The lowest BCUT2D eigenvalue weighted by Crippen LogP contribution is -2.27. The molecule has 0 spiro atoms. The molecule has 3 heteroatoms. The number of amides is 1. The Kier molecular flexibility index (Phi) is 1.63. The topological polar surface area (TPSA) is 55.5 Å². The molecule has 0 radical (unpaired) electrons. The van der Waals surface area contributed by atoms with Gasteiger partial charge in [0.2, 0.25) is 5.91 Å². The fourth-order valence-electron chi connectivity index (χ4n) is 0.672. The van der Waals surface area contributed by atoms with E-state index in [1.807, 2.05) is 6.08 Å². The lowest BCUT2D eigenvalue weighted by atomic mass is 10.2. The molecule has 0 aliphatic carbocycles. The van der Waals surface area contributed by atoms with E-state index in [1.54, 1.807) is 12.3 Å². The minimum absolute atomic E-state index is 0.324. The second-order valence-corrected chi connectivity index (χ2v) is 1.88. The van der Waals surface area contributed by atoms with Gasteiger partial charge in [0.15, 0.2) is 0 Å². The van der Waals surface area contributed by atoms with E-state index in [1.165, 1.54) is 0 Å². The monoisotopic (exact) mass is 124 g/mol. The number of nitrogens with zero attached hydrogens (tertiary/aromatic N) is 1. The molecule has 1 amide bonds. The summed E-state index contributed by atoms with van der Waals surface area (Å²) in [7, 11) is 0. The van der Waals surface area contributed by atoms with Gasteiger partial charge in [-0.25, -0.2) is 0 Å². The lowest BCUT2D eigenvalue weighted by molar-refractivity contribution is -0.119. The molecular formula is C6H8N2O. The summed E-state index contributed by atoms with van der Waals surface area (Å²) in [6.07, 6.45) is 5.92. The molecule has 2 N–H and O–H groups in total. The summed E-state index contributed by atoms with van der Waals surface area (Å²) in [6.45, 7) is 0. The van der Waals surface area contributed by atoms with Crippen LogP contribution in [0.2, 0.25) is 0 Å². The van der Waals surface area contributed by atoms with Gasteiger partial charge in [0, 0.05) is 6.21 Å². The average Bonchev–Trinajstić information content (AvgIpc) is 1.90. The van der Waals surface area contributed by atoms with Gasteiger partial charge in [0.25, 0.3) is 0 Å². The SMILES string of the molecule is NC(=O)C1CC=CC=N1. The van der Waals surface area contributed by atoms with E-state index in [4.69, 9.17) is 5.73 Å². The Bertz CT molecular complexity index is 172.